The molecule has 9 heteroatoms. The zero-order chi connectivity index (χ0) is 17.9. The Morgan fingerprint density at radius 1 is 1.46 bits per heavy atom. The van der Waals surface area contributed by atoms with Gasteiger partial charge in [-0.2, -0.15) is 0 Å². The van der Waals surface area contributed by atoms with Gasteiger partial charge in [-0.15, -0.1) is 0 Å². The number of nitrogens with one attached hydrogen (secondary N) is 1. The first-order valence-corrected chi connectivity index (χ1v) is 9.06. The number of benzene rings is 1. The van der Waals surface area contributed by atoms with E-state index < -0.39 is 26.7 Å². The van der Waals surface area contributed by atoms with Gasteiger partial charge in [0, 0.05) is 18.2 Å². The quantitative estimate of drug-likeness (QED) is 0.719. The fourth-order valence-corrected chi connectivity index (χ4v) is 4.09. The second kappa shape index (κ2) is 7.45. The minimum absolute atomic E-state index is 0.0134. The molecule has 2 N–H and O–H groups in total. The van der Waals surface area contributed by atoms with Crippen LogP contribution in [0.5, 0.6) is 5.75 Å². The smallest absolute Gasteiger partial charge is 0.317 e. The highest BCUT2D eigenvalue weighted by molar-refractivity contribution is 7.89. The Kier molecular flexibility index (Phi) is 5.79. The molecule has 1 aliphatic carbocycles. The molecule has 0 amide bonds. The van der Waals surface area contributed by atoms with Crippen LogP contribution in [0.2, 0.25) is 0 Å². The second-order valence-electron chi connectivity index (χ2n) is 5.70. The molecule has 0 unspecified atom stereocenters. The normalized spacial score (nSPS) is 20.7. The van der Waals surface area contributed by atoms with Crippen LogP contribution in [-0.4, -0.2) is 56.7 Å². The fraction of sp³-hybridized carbons (Fsp3) is 0.533. The minimum Gasteiger partial charge on any atom is -0.497 e. The van der Waals surface area contributed by atoms with Crippen molar-refractivity contribution in [1.82, 2.24) is 9.62 Å². The van der Waals surface area contributed by atoms with Crippen molar-refractivity contribution in [3.63, 3.8) is 0 Å². The van der Waals surface area contributed by atoms with Gasteiger partial charge in [0.1, 0.15) is 16.5 Å². The molecule has 1 saturated carbocycles. The molecule has 0 aromatic heterocycles. The van der Waals surface area contributed by atoms with Crippen LogP contribution in [-0.2, 0) is 14.8 Å². The van der Waals surface area contributed by atoms with Crippen LogP contribution >= 0.6 is 0 Å². The summed E-state index contributed by atoms with van der Waals surface area (Å²) in [6.07, 6.45) is 0.996. The van der Waals surface area contributed by atoms with E-state index in [-0.39, 0.29) is 24.4 Å². The molecule has 134 valence electrons. The molecule has 2 rings (SSSR count). The summed E-state index contributed by atoms with van der Waals surface area (Å²) in [6.45, 7) is 2.35. The average molecular weight is 360 g/mol. The van der Waals surface area contributed by atoms with Crippen molar-refractivity contribution in [3.05, 3.63) is 24.0 Å². The van der Waals surface area contributed by atoms with E-state index in [1.165, 1.54) is 13.2 Å². The first-order valence-electron chi connectivity index (χ1n) is 7.58. The van der Waals surface area contributed by atoms with Crippen LogP contribution < -0.4 is 9.46 Å². The van der Waals surface area contributed by atoms with Gasteiger partial charge in [0.25, 0.3) is 0 Å². The van der Waals surface area contributed by atoms with Crippen molar-refractivity contribution in [3.8, 4) is 5.75 Å². The lowest BCUT2D eigenvalue weighted by Gasteiger charge is -2.42. The zero-order valence-electron chi connectivity index (χ0n) is 13.5. The maximum atomic E-state index is 13.9. The molecule has 0 saturated heterocycles. The second-order valence-corrected chi connectivity index (χ2v) is 7.38. The SMILES string of the molecule is CCN(CC(=O)O)C1CC(NS(=O)(=O)c2ccc(OC)cc2F)C1. The molecule has 0 atom stereocenters. The van der Waals surface area contributed by atoms with Gasteiger partial charge in [-0.25, -0.2) is 17.5 Å². The van der Waals surface area contributed by atoms with Gasteiger partial charge in [-0.3, -0.25) is 9.69 Å². The third-order valence-electron chi connectivity index (χ3n) is 4.12. The average Bonchev–Trinajstić information content (AvgIpc) is 2.47. The Morgan fingerprint density at radius 2 is 2.12 bits per heavy atom. The Morgan fingerprint density at radius 3 is 2.62 bits per heavy atom. The molecule has 0 bridgehead atoms. The summed E-state index contributed by atoms with van der Waals surface area (Å²) in [5.74, 6) is -1.55. The molecule has 0 aliphatic heterocycles. The van der Waals surface area contributed by atoms with Crippen molar-refractivity contribution in [2.24, 2.45) is 0 Å². The van der Waals surface area contributed by atoms with E-state index in [0.717, 1.165) is 12.1 Å². The van der Waals surface area contributed by atoms with E-state index in [4.69, 9.17) is 9.84 Å². The van der Waals surface area contributed by atoms with Gasteiger partial charge in [-0.05, 0) is 31.5 Å². The van der Waals surface area contributed by atoms with E-state index in [0.29, 0.717) is 19.4 Å². The van der Waals surface area contributed by atoms with Gasteiger partial charge < -0.3 is 9.84 Å². The molecule has 0 radical (unpaired) electrons. The van der Waals surface area contributed by atoms with Crippen LogP contribution in [0.25, 0.3) is 0 Å². The number of likely N-dealkylation sites (N-methyl/N-ethyl adjacent to an activating group) is 1. The number of aliphatic carboxylic acids is 1. The van der Waals surface area contributed by atoms with E-state index in [9.17, 15) is 17.6 Å². The molecule has 0 heterocycles. The van der Waals surface area contributed by atoms with Gasteiger partial charge in [0.2, 0.25) is 10.0 Å². The van der Waals surface area contributed by atoms with Crippen molar-refractivity contribution in [1.29, 1.82) is 0 Å². The summed E-state index contributed by atoms with van der Waals surface area (Å²) >= 11 is 0. The lowest BCUT2D eigenvalue weighted by molar-refractivity contribution is -0.139. The van der Waals surface area contributed by atoms with Gasteiger partial charge in [0.15, 0.2) is 0 Å². The first kappa shape index (κ1) is 18.6. The number of sulfonamides is 1. The highest BCUT2D eigenvalue weighted by Crippen LogP contribution is 2.28. The molecule has 1 aliphatic rings. The summed E-state index contributed by atoms with van der Waals surface area (Å²) in [7, 11) is -2.60. The van der Waals surface area contributed by atoms with E-state index in [1.54, 1.807) is 4.90 Å². The maximum Gasteiger partial charge on any atom is 0.317 e. The summed E-state index contributed by atoms with van der Waals surface area (Å²) in [6, 6.07) is 3.25. The third kappa shape index (κ3) is 4.22. The van der Waals surface area contributed by atoms with Crippen LogP contribution in [0.3, 0.4) is 0 Å². The highest BCUT2D eigenvalue weighted by Gasteiger charge is 2.36. The standard InChI is InChI=1S/C15H21FN2O5S/c1-3-18(9-15(19)20)11-6-10(7-11)17-24(21,22)14-5-4-12(23-2)8-13(14)16/h4-5,8,10-11,17H,3,6-7,9H2,1-2H3,(H,19,20). The Bertz CT molecular complexity index is 704. The number of hydrogen-bond donors (Lipinski definition) is 2. The van der Waals surface area contributed by atoms with E-state index in [1.807, 2.05) is 6.92 Å². The molecule has 7 nitrogen and oxygen atoms in total. The molecule has 1 aromatic carbocycles. The molecular weight excluding hydrogens is 339 g/mol. The van der Waals surface area contributed by atoms with Crippen LogP contribution in [0.1, 0.15) is 19.8 Å². The number of carboxylic acid groups (broad SMARTS) is 1. The van der Waals surface area contributed by atoms with E-state index >= 15 is 0 Å². The van der Waals surface area contributed by atoms with Crippen LogP contribution in [0.15, 0.2) is 23.1 Å². The van der Waals surface area contributed by atoms with Gasteiger partial charge in [0.05, 0.1) is 13.7 Å². The largest absolute Gasteiger partial charge is 0.497 e. The van der Waals surface area contributed by atoms with Gasteiger partial charge in [-0.1, -0.05) is 6.92 Å². The lowest BCUT2D eigenvalue weighted by Crippen LogP contribution is -2.54. The number of carbonyl (C=O) groups is 1. The number of carboxylic acids is 1. The number of rotatable bonds is 8. The Hall–Kier alpha value is -1.71. The molecule has 24 heavy (non-hydrogen) atoms. The minimum atomic E-state index is -3.97. The zero-order valence-corrected chi connectivity index (χ0v) is 14.3. The summed E-state index contributed by atoms with van der Waals surface area (Å²) in [5.41, 5.74) is 0. The van der Waals surface area contributed by atoms with Crippen molar-refractivity contribution in [2.45, 2.75) is 36.7 Å². The van der Waals surface area contributed by atoms with Crippen molar-refractivity contribution < 1.29 is 27.4 Å². The van der Waals surface area contributed by atoms with Crippen LogP contribution in [0.4, 0.5) is 4.39 Å². The van der Waals surface area contributed by atoms with E-state index in [2.05, 4.69) is 4.72 Å². The maximum absolute atomic E-state index is 13.9. The molecule has 0 spiro atoms. The lowest BCUT2D eigenvalue weighted by atomic mass is 9.86. The number of halogens is 1. The summed E-state index contributed by atoms with van der Waals surface area (Å²) in [5, 5.41) is 8.85. The van der Waals surface area contributed by atoms with Crippen molar-refractivity contribution in [2.75, 3.05) is 20.2 Å². The first-order chi connectivity index (χ1) is 11.3. The number of nitrogens with zero attached hydrogens (tertiary/aromatic N) is 1. The van der Waals surface area contributed by atoms with Gasteiger partial charge >= 0.3 is 5.97 Å². The van der Waals surface area contributed by atoms with Crippen LogP contribution in [0, 0.1) is 5.82 Å². The number of ether oxygens (including phenoxy) is 1. The molecular formula is C15H21FN2O5S. The summed E-state index contributed by atoms with van der Waals surface area (Å²) < 4.78 is 45.8. The predicted octanol–water partition coefficient (Wildman–Crippen LogP) is 1.05. The highest BCUT2D eigenvalue weighted by atomic mass is 32.2. The summed E-state index contributed by atoms with van der Waals surface area (Å²) in [4.78, 5) is 12.1. The third-order valence-corrected chi connectivity index (χ3v) is 5.68. The Balaban J connectivity index is 1.98. The topological polar surface area (TPSA) is 95.9 Å². The fourth-order valence-electron chi connectivity index (χ4n) is 2.76. The predicted molar refractivity (Wildman–Crippen MR) is 85.0 cm³/mol. The number of hydrogen-bond acceptors (Lipinski definition) is 5. The number of methoxy groups -OCH3 is 1. The molecule has 1 fully saturated rings. The molecule has 1 aromatic rings. The Labute approximate surface area is 140 Å². The van der Waals surface area contributed by atoms with Crippen molar-refractivity contribution >= 4 is 16.0 Å². The monoisotopic (exact) mass is 360 g/mol.